The van der Waals surface area contributed by atoms with Gasteiger partial charge in [0.1, 0.15) is 6.17 Å². The average Bonchev–Trinajstić information content (AvgIpc) is 2.52. The highest BCUT2D eigenvalue weighted by Crippen LogP contribution is 2.30. The zero-order valence-corrected chi connectivity index (χ0v) is 12.5. The fourth-order valence-electron chi connectivity index (χ4n) is 3.02. The van der Waals surface area contributed by atoms with Crippen molar-refractivity contribution in [2.24, 2.45) is 11.5 Å². The number of imide groups is 1. The van der Waals surface area contributed by atoms with Gasteiger partial charge >= 0.3 is 0 Å². The molecule has 2 unspecified atom stereocenters. The predicted molar refractivity (Wildman–Crippen MR) is 85.3 cm³/mol. The Kier molecular flexibility index (Phi) is 3.68. The van der Waals surface area contributed by atoms with Crippen LogP contribution in [0.2, 0.25) is 0 Å². The Morgan fingerprint density at radius 3 is 2.05 bits per heavy atom. The van der Waals surface area contributed by atoms with Gasteiger partial charge in [0.15, 0.2) is 0 Å². The van der Waals surface area contributed by atoms with Crippen molar-refractivity contribution < 1.29 is 9.59 Å². The molecule has 2 aromatic carbocycles. The van der Waals surface area contributed by atoms with Crippen LogP contribution in [0.5, 0.6) is 0 Å². The van der Waals surface area contributed by atoms with Crippen molar-refractivity contribution in [2.45, 2.75) is 32.0 Å². The van der Waals surface area contributed by atoms with Gasteiger partial charge in [-0.15, -0.1) is 0 Å². The Balaban J connectivity index is 2.12. The lowest BCUT2D eigenvalue weighted by molar-refractivity contribution is 0.0516. The first-order valence-electron chi connectivity index (χ1n) is 7.47. The lowest BCUT2D eigenvalue weighted by Crippen LogP contribution is -2.58. The van der Waals surface area contributed by atoms with Crippen molar-refractivity contribution in [2.75, 3.05) is 0 Å². The minimum absolute atomic E-state index is 0.367. The number of hydrogen-bond donors (Lipinski definition) is 2. The number of rotatable bonds is 4. The zero-order valence-electron chi connectivity index (χ0n) is 12.5. The summed E-state index contributed by atoms with van der Waals surface area (Å²) >= 11 is 0. The Labute approximate surface area is 128 Å². The molecule has 5 heteroatoms. The lowest BCUT2D eigenvalue weighted by Gasteiger charge is -2.34. The molecule has 0 spiro atoms. The molecule has 0 aliphatic carbocycles. The second-order valence-electron chi connectivity index (χ2n) is 5.63. The number of benzene rings is 2. The fourth-order valence-corrected chi connectivity index (χ4v) is 3.02. The highest BCUT2D eigenvalue weighted by Gasteiger charge is 2.37. The van der Waals surface area contributed by atoms with Crippen LogP contribution < -0.4 is 11.5 Å². The van der Waals surface area contributed by atoms with Gasteiger partial charge in [0.2, 0.25) is 0 Å². The third-order valence-electron chi connectivity index (χ3n) is 4.16. The predicted octanol–water partition coefficient (Wildman–Crippen LogP) is 1.85. The Morgan fingerprint density at radius 1 is 1.00 bits per heavy atom. The maximum atomic E-state index is 12.7. The molecule has 1 aliphatic heterocycles. The number of nitrogens with two attached hydrogens (primary N) is 2. The maximum Gasteiger partial charge on any atom is 0.262 e. The molecule has 4 N–H and O–H groups in total. The van der Waals surface area contributed by atoms with Crippen LogP contribution in [0.3, 0.4) is 0 Å². The van der Waals surface area contributed by atoms with Crippen LogP contribution in [0.25, 0.3) is 10.8 Å². The molecular formula is C17H19N3O2. The van der Waals surface area contributed by atoms with Crippen LogP contribution in [0.1, 0.15) is 40.5 Å². The highest BCUT2D eigenvalue weighted by atomic mass is 16.2. The molecule has 0 bridgehead atoms. The van der Waals surface area contributed by atoms with E-state index in [-0.39, 0.29) is 11.8 Å². The van der Waals surface area contributed by atoms with Crippen molar-refractivity contribution in [3.8, 4) is 0 Å². The minimum atomic E-state index is -0.816. The molecule has 3 rings (SSSR count). The van der Waals surface area contributed by atoms with Crippen molar-refractivity contribution in [1.29, 1.82) is 0 Å². The summed E-state index contributed by atoms with van der Waals surface area (Å²) in [5.74, 6) is -0.735. The average molecular weight is 297 g/mol. The van der Waals surface area contributed by atoms with Gasteiger partial charge in [0, 0.05) is 22.6 Å². The molecule has 22 heavy (non-hydrogen) atoms. The summed E-state index contributed by atoms with van der Waals surface area (Å²) in [5.41, 5.74) is 13.1. The van der Waals surface area contributed by atoms with Crippen molar-refractivity contribution >= 4 is 22.6 Å². The topological polar surface area (TPSA) is 89.4 Å². The zero-order chi connectivity index (χ0) is 15.9. The molecule has 2 amide bonds. The van der Waals surface area contributed by atoms with E-state index in [1.165, 1.54) is 0 Å². The molecule has 1 aliphatic rings. The van der Waals surface area contributed by atoms with Crippen molar-refractivity contribution in [3.05, 3.63) is 47.5 Å². The van der Waals surface area contributed by atoms with Crippen molar-refractivity contribution in [1.82, 2.24) is 4.90 Å². The highest BCUT2D eigenvalue weighted by molar-refractivity contribution is 6.25. The van der Waals surface area contributed by atoms with E-state index in [0.717, 1.165) is 16.7 Å². The summed E-state index contributed by atoms with van der Waals surface area (Å²) in [6.07, 6.45) is 0.685. The fraction of sp³-hybridized carbons (Fsp3) is 0.294. The molecule has 0 fully saturated rings. The van der Waals surface area contributed by atoms with E-state index in [1.807, 2.05) is 31.2 Å². The van der Waals surface area contributed by atoms with Gasteiger partial charge in [-0.1, -0.05) is 37.6 Å². The molecule has 114 valence electrons. The number of carbonyl (C=O) groups excluding carboxylic acids is 2. The monoisotopic (exact) mass is 297 g/mol. The van der Waals surface area contributed by atoms with Crippen LogP contribution in [0, 0.1) is 0 Å². The second kappa shape index (κ2) is 5.51. The summed E-state index contributed by atoms with van der Waals surface area (Å²) in [6, 6.07) is 10.4. The van der Waals surface area contributed by atoms with Gasteiger partial charge in [0.25, 0.3) is 11.8 Å². The quantitative estimate of drug-likeness (QED) is 0.843. The third-order valence-corrected chi connectivity index (χ3v) is 4.16. The first-order valence-corrected chi connectivity index (χ1v) is 7.47. The Hall–Kier alpha value is -2.24. The molecule has 5 nitrogen and oxygen atoms in total. The number of nitrogens with zero attached hydrogens (tertiary/aromatic N) is 1. The molecule has 1 heterocycles. The summed E-state index contributed by atoms with van der Waals surface area (Å²) < 4.78 is 0. The van der Waals surface area contributed by atoms with E-state index >= 15 is 0 Å². The summed E-state index contributed by atoms with van der Waals surface area (Å²) in [4.78, 5) is 26.6. The third kappa shape index (κ3) is 2.10. The smallest absolute Gasteiger partial charge is 0.262 e. The second-order valence-corrected chi connectivity index (χ2v) is 5.63. The number of hydrogen-bond acceptors (Lipinski definition) is 4. The maximum absolute atomic E-state index is 12.7. The summed E-state index contributed by atoms with van der Waals surface area (Å²) in [7, 11) is 0. The van der Waals surface area contributed by atoms with E-state index in [4.69, 9.17) is 11.5 Å². The van der Waals surface area contributed by atoms with Gasteiger partial charge in [-0.3, -0.25) is 14.5 Å². The van der Waals surface area contributed by atoms with Crippen LogP contribution in [-0.4, -0.2) is 28.9 Å². The van der Waals surface area contributed by atoms with Gasteiger partial charge in [-0.05, 0) is 23.9 Å². The SMILES string of the molecule is CCCC(N)C(N)N1C(=O)c2cccc3cccc(c23)C1=O. The van der Waals surface area contributed by atoms with E-state index < -0.39 is 12.2 Å². The van der Waals surface area contributed by atoms with E-state index in [0.29, 0.717) is 22.9 Å². The number of carbonyl (C=O) groups is 2. The van der Waals surface area contributed by atoms with Gasteiger partial charge in [0.05, 0.1) is 0 Å². The molecular weight excluding hydrogens is 278 g/mol. The molecule has 0 saturated heterocycles. The standard InChI is InChI=1S/C17H19N3O2/c1-2-5-13(18)15(19)20-16(21)11-8-3-6-10-7-4-9-12(14(10)11)17(20)22/h3-4,6-9,13,15H,2,5,18-19H2,1H3. The Bertz CT molecular complexity index is 706. The minimum Gasteiger partial charge on any atom is -0.325 e. The first kappa shape index (κ1) is 14.7. The molecule has 0 radical (unpaired) electrons. The van der Waals surface area contributed by atoms with E-state index in [9.17, 15) is 9.59 Å². The van der Waals surface area contributed by atoms with Crippen LogP contribution in [-0.2, 0) is 0 Å². The van der Waals surface area contributed by atoms with E-state index in [1.54, 1.807) is 12.1 Å². The van der Waals surface area contributed by atoms with Gasteiger partial charge in [-0.25, -0.2) is 0 Å². The van der Waals surface area contributed by atoms with E-state index in [2.05, 4.69) is 0 Å². The Morgan fingerprint density at radius 2 is 1.55 bits per heavy atom. The molecule has 0 saturated carbocycles. The lowest BCUT2D eigenvalue weighted by atomic mass is 9.93. The van der Waals surface area contributed by atoms with Crippen molar-refractivity contribution in [3.63, 3.8) is 0 Å². The van der Waals surface area contributed by atoms with Crippen LogP contribution in [0.15, 0.2) is 36.4 Å². The normalized spacial score (nSPS) is 17.0. The van der Waals surface area contributed by atoms with Gasteiger partial charge in [-0.2, -0.15) is 0 Å². The summed E-state index contributed by atoms with van der Waals surface area (Å²) in [5, 5.41) is 1.58. The number of amides is 2. The first-order chi connectivity index (χ1) is 10.6. The van der Waals surface area contributed by atoms with Gasteiger partial charge < -0.3 is 11.5 Å². The molecule has 2 atom stereocenters. The van der Waals surface area contributed by atoms with Crippen LogP contribution >= 0.6 is 0 Å². The summed E-state index contributed by atoms with van der Waals surface area (Å²) in [6.45, 7) is 1.99. The molecule has 2 aromatic rings. The van der Waals surface area contributed by atoms with Crippen LogP contribution in [0.4, 0.5) is 0 Å². The molecule has 0 aromatic heterocycles. The largest absolute Gasteiger partial charge is 0.325 e.